The molecule has 0 heteroatoms. The van der Waals surface area contributed by atoms with Crippen molar-refractivity contribution in [2.24, 2.45) is 0 Å². The van der Waals surface area contributed by atoms with Crippen molar-refractivity contribution in [1.82, 2.24) is 0 Å². The zero-order valence-corrected chi connectivity index (χ0v) is 18.0. The van der Waals surface area contributed by atoms with Gasteiger partial charge in [-0.15, -0.1) is 0 Å². The maximum Gasteiger partial charge on any atom is -0.0132 e. The number of rotatable bonds is 7. The maximum absolute atomic E-state index is 2.29. The fraction of sp³-hybridized carbons (Fsp3) is 0.357. The molecule has 0 aromatic heterocycles. The largest absolute Gasteiger partial charge is 0.0654 e. The van der Waals surface area contributed by atoms with Crippen LogP contribution in [0.5, 0.6) is 0 Å². The first-order valence-corrected chi connectivity index (χ1v) is 10.8. The van der Waals surface area contributed by atoms with Gasteiger partial charge in [-0.1, -0.05) is 120 Å². The Morgan fingerprint density at radius 1 is 0.536 bits per heavy atom. The lowest BCUT2D eigenvalue weighted by molar-refractivity contribution is 0.590. The Bertz CT molecular complexity index is 844. The molecule has 0 N–H and O–H groups in total. The standard InChI is InChI=1S/C28H34/c1-5-6-7-8-9-22-10-12-23(13-11-22)24-14-16-25(17-15-24)26-18-20-27(21-19-26)28(2,3)4/h10-21H,5-9H2,1-4H3. The Morgan fingerprint density at radius 3 is 1.39 bits per heavy atom. The highest BCUT2D eigenvalue weighted by Crippen LogP contribution is 2.28. The van der Waals surface area contributed by atoms with Crippen LogP contribution in [0.1, 0.15) is 64.5 Å². The van der Waals surface area contributed by atoms with Gasteiger partial charge in [0.05, 0.1) is 0 Å². The van der Waals surface area contributed by atoms with E-state index >= 15 is 0 Å². The lowest BCUT2D eigenvalue weighted by Gasteiger charge is -2.19. The molecule has 0 aliphatic rings. The average Bonchev–Trinajstić information content (AvgIpc) is 2.71. The van der Waals surface area contributed by atoms with Gasteiger partial charge in [0.1, 0.15) is 0 Å². The highest BCUT2D eigenvalue weighted by molar-refractivity contribution is 5.70. The van der Waals surface area contributed by atoms with Gasteiger partial charge in [-0.25, -0.2) is 0 Å². The lowest BCUT2D eigenvalue weighted by atomic mass is 9.86. The first-order valence-electron chi connectivity index (χ1n) is 10.8. The highest BCUT2D eigenvalue weighted by atomic mass is 14.2. The molecule has 0 bridgehead atoms. The van der Waals surface area contributed by atoms with Crippen LogP contribution in [-0.2, 0) is 11.8 Å². The van der Waals surface area contributed by atoms with Gasteiger partial charge >= 0.3 is 0 Å². The molecule has 0 saturated heterocycles. The van der Waals surface area contributed by atoms with Crippen LogP contribution in [0.4, 0.5) is 0 Å². The van der Waals surface area contributed by atoms with Crippen LogP contribution >= 0.6 is 0 Å². The lowest BCUT2D eigenvalue weighted by Crippen LogP contribution is -2.10. The van der Waals surface area contributed by atoms with Crippen LogP contribution < -0.4 is 0 Å². The Labute approximate surface area is 171 Å². The minimum absolute atomic E-state index is 0.199. The summed E-state index contributed by atoms with van der Waals surface area (Å²) in [6.07, 6.45) is 6.50. The van der Waals surface area contributed by atoms with Crippen molar-refractivity contribution in [3.63, 3.8) is 0 Å². The Hall–Kier alpha value is -2.34. The van der Waals surface area contributed by atoms with E-state index in [1.807, 2.05) is 0 Å². The van der Waals surface area contributed by atoms with Gasteiger partial charge < -0.3 is 0 Å². The quantitative estimate of drug-likeness (QED) is 0.366. The molecule has 0 saturated carbocycles. The third-order valence-electron chi connectivity index (χ3n) is 5.58. The zero-order valence-electron chi connectivity index (χ0n) is 18.0. The summed E-state index contributed by atoms with van der Waals surface area (Å²) in [6.45, 7) is 9.04. The van der Waals surface area contributed by atoms with Gasteiger partial charge in [-0.3, -0.25) is 0 Å². The van der Waals surface area contributed by atoms with E-state index in [-0.39, 0.29) is 5.41 Å². The molecular formula is C28H34. The number of hydrogen-bond donors (Lipinski definition) is 0. The predicted octanol–water partition coefficient (Wildman–Crippen LogP) is 8.44. The minimum Gasteiger partial charge on any atom is -0.0654 e. The molecule has 3 aromatic rings. The summed E-state index contributed by atoms with van der Waals surface area (Å²) < 4.78 is 0. The molecule has 0 nitrogen and oxygen atoms in total. The monoisotopic (exact) mass is 370 g/mol. The summed E-state index contributed by atoms with van der Waals surface area (Å²) >= 11 is 0. The van der Waals surface area contributed by atoms with Crippen molar-refractivity contribution >= 4 is 0 Å². The van der Waals surface area contributed by atoms with E-state index in [1.54, 1.807) is 0 Å². The van der Waals surface area contributed by atoms with Crippen LogP contribution in [0.3, 0.4) is 0 Å². The summed E-state index contributed by atoms with van der Waals surface area (Å²) in [6, 6.07) is 27.1. The Kier molecular flexibility index (Phi) is 6.73. The van der Waals surface area contributed by atoms with Crippen molar-refractivity contribution in [1.29, 1.82) is 0 Å². The molecule has 0 fully saturated rings. The van der Waals surface area contributed by atoms with Gasteiger partial charge in [0.2, 0.25) is 0 Å². The van der Waals surface area contributed by atoms with E-state index < -0.39 is 0 Å². The second kappa shape index (κ2) is 9.24. The molecule has 146 valence electrons. The summed E-state index contributed by atoms with van der Waals surface area (Å²) in [5.41, 5.74) is 8.17. The van der Waals surface area contributed by atoms with Gasteiger partial charge in [0.15, 0.2) is 0 Å². The molecule has 3 aromatic carbocycles. The third kappa shape index (κ3) is 5.35. The van der Waals surface area contributed by atoms with Crippen molar-refractivity contribution in [2.45, 2.75) is 65.2 Å². The van der Waals surface area contributed by atoms with E-state index in [9.17, 15) is 0 Å². The molecule has 0 amide bonds. The van der Waals surface area contributed by atoms with Crippen molar-refractivity contribution in [3.05, 3.63) is 83.9 Å². The van der Waals surface area contributed by atoms with E-state index in [0.717, 1.165) is 0 Å². The highest BCUT2D eigenvalue weighted by Gasteiger charge is 2.13. The summed E-state index contributed by atoms with van der Waals surface area (Å²) in [4.78, 5) is 0. The number of aryl methyl sites for hydroxylation is 1. The molecule has 0 unspecified atom stereocenters. The van der Waals surface area contributed by atoms with Crippen molar-refractivity contribution < 1.29 is 0 Å². The minimum atomic E-state index is 0.199. The molecule has 28 heavy (non-hydrogen) atoms. The molecule has 0 spiro atoms. The summed E-state index contributed by atoms with van der Waals surface area (Å²) in [7, 11) is 0. The molecule has 3 rings (SSSR count). The number of unbranched alkanes of at least 4 members (excludes halogenated alkanes) is 3. The van der Waals surface area contributed by atoms with E-state index in [4.69, 9.17) is 0 Å². The zero-order chi connectivity index (χ0) is 20.0. The van der Waals surface area contributed by atoms with E-state index in [1.165, 1.54) is 65.5 Å². The first kappa shape index (κ1) is 20.4. The molecule has 0 atom stereocenters. The summed E-state index contributed by atoms with van der Waals surface area (Å²) in [5, 5.41) is 0. The van der Waals surface area contributed by atoms with Gasteiger partial charge in [-0.2, -0.15) is 0 Å². The van der Waals surface area contributed by atoms with Crippen LogP contribution in [0.15, 0.2) is 72.8 Å². The van der Waals surface area contributed by atoms with Crippen molar-refractivity contribution in [3.8, 4) is 22.3 Å². The van der Waals surface area contributed by atoms with Crippen molar-refractivity contribution in [2.75, 3.05) is 0 Å². The van der Waals surface area contributed by atoms with Crippen LogP contribution in [0, 0.1) is 0 Å². The SMILES string of the molecule is CCCCCCc1ccc(-c2ccc(-c3ccc(C(C)(C)C)cc3)cc2)cc1. The smallest absolute Gasteiger partial charge is 0.0132 e. The second-order valence-electron chi connectivity index (χ2n) is 8.91. The van der Waals surface area contributed by atoms with Gasteiger partial charge in [0, 0.05) is 0 Å². The topological polar surface area (TPSA) is 0 Å². The predicted molar refractivity (Wildman–Crippen MR) is 124 cm³/mol. The fourth-order valence-electron chi connectivity index (χ4n) is 3.64. The van der Waals surface area contributed by atoms with Gasteiger partial charge in [-0.05, 0) is 51.6 Å². The normalized spacial score (nSPS) is 11.6. The number of hydrogen-bond acceptors (Lipinski definition) is 0. The average molecular weight is 371 g/mol. The number of benzene rings is 3. The third-order valence-corrected chi connectivity index (χ3v) is 5.58. The molecule has 0 heterocycles. The Morgan fingerprint density at radius 2 is 0.964 bits per heavy atom. The van der Waals surface area contributed by atoms with Gasteiger partial charge in [0.25, 0.3) is 0 Å². The fourth-order valence-corrected chi connectivity index (χ4v) is 3.64. The van der Waals surface area contributed by atoms with Crippen LogP contribution in [0.2, 0.25) is 0 Å². The molecule has 0 aliphatic carbocycles. The van der Waals surface area contributed by atoms with E-state index in [2.05, 4.69) is 100 Å². The Balaban J connectivity index is 1.67. The van der Waals surface area contributed by atoms with Crippen LogP contribution in [-0.4, -0.2) is 0 Å². The first-order chi connectivity index (χ1) is 13.5. The molecular weight excluding hydrogens is 336 g/mol. The summed E-state index contributed by atoms with van der Waals surface area (Å²) in [5.74, 6) is 0. The maximum atomic E-state index is 2.29. The van der Waals surface area contributed by atoms with Crippen LogP contribution in [0.25, 0.3) is 22.3 Å². The molecule has 0 radical (unpaired) electrons. The van der Waals surface area contributed by atoms with E-state index in [0.29, 0.717) is 0 Å². The molecule has 0 aliphatic heterocycles. The second-order valence-corrected chi connectivity index (χ2v) is 8.91.